The summed E-state index contributed by atoms with van der Waals surface area (Å²) in [4.78, 5) is 2.64. The van der Waals surface area contributed by atoms with Crippen LogP contribution in [-0.4, -0.2) is 39.9 Å². The summed E-state index contributed by atoms with van der Waals surface area (Å²) in [5.74, 6) is 0.916. The molecule has 2 aliphatic rings. The van der Waals surface area contributed by atoms with Gasteiger partial charge in [-0.3, -0.25) is 9.58 Å². The van der Waals surface area contributed by atoms with E-state index in [1.54, 1.807) is 0 Å². The Hall–Kier alpha value is -0.390. The average Bonchev–Trinajstić information content (AvgIpc) is 3.26. The summed E-state index contributed by atoms with van der Waals surface area (Å²) in [5.41, 5.74) is 2.49. The van der Waals surface area contributed by atoms with Crippen LogP contribution in [0.3, 0.4) is 0 Å². The molecule has 2 unspecified atom stereocenters. The molecule has 2 fully saturated rings. The number of hydrogen-bond acceptors (Lipinski definition) is 3. The first kappa shape index (κ1) is 15.5. The molecule has 1 N–H and O–H groups in total. The monoisotopic (exact) mass is 354 g/mol. The zero-order chi connectivity index (χ0) is 15.0. The average molecular weight is 355 g/mol. The molecule has 4 nitrogen and oxygen atoms in total. The van der Waals surface area contributed by atoms with Crippen LogP contribution in [-0.2, 0) is 20.0 Å². The summed E-state index contributed by atoms with van der Waals surface area (Å²) >= 11 is 3.76. The highest BCUT2D eigenvalue weighted by atomic mass is 79.9. The summed E-state index contributed by atoms with van der Waals surface area (Å²) in [7, 11) is 2.07. The number of halogens is 1. The second kappa shape index (κ2) is 6.39. The van der Waals surface area contributed by atoms with Crippen molar-refractivity contribution in [1.82, 2.24) is 20.0 Å². The molecule has 5 heteroatoms. The van der Waals surface area contributed by atoms with Gasteiger partial charge in [0.15, 0.2) is 0 Å². The Kier molecular flexibility index (Phi) is 4.71. The molecular weight excluding hydrogens is 328 g/mol. The van der Waals surface area contributed by atoms with E-state index < -0.39 is 0 Å². The fourth-order valence-electron chi connectivity index (χ4n) is 3.38. The van der Waals surface area contributed by atoms with Gasteiger partial charge < -0.3 is 5.32 Å². The third-order valence-corrected chi connectivity index (χ3v) is 5.99. The molecule has 1 aromatic rings. The summed E-state index contributed by atoms with van der Waals surface area (Å²) in [6, 6.07) is 1.32. The van der Waals surface area contributed by atoms with Crippen molar-refractivity contribution in [3.8, 4) is 0 Å². The van der Waals surface area contributed by atoms with E-state index in [1.807, 2.05) is 0 Å². The normalized spacial score (nSPS) is 27.8. The number of aromatic nitrogens is 2. The van der Waals surface area contributed by atoms with Crippen LogP contribution in [0.2, 0.25) is 0 Å². The molecule has 0 bridgehead atoms. The lowest BCUT2D eigenvalue weighted by Gasteiger charge is -2.29. The van der Waals surface area contributed by atoms with Gasteiger partial charge in [0.05, 0.1) is 15.9 Å². The van der Waals surface area contributed by atoms with Crippen LogP contribution < -0.4 is 5.32 Å². The van der Waals surface area contributed by atoms with Crippen LogP contribution >= 0.6 is 15.9 Å². The van der Waals surface area contributed by atoms with E-state index >= 15 is 0 Å². The number of nitrogens with one attached hydrogen (secondary N) is 1. The van der Waals surface area contributed by atoms with E-state index in [0.717, 1.165) is 25.4 Å². The number of nitrogens with zero attached hydrogens (tertiary/aromatic N) is 3. The van der Waals surface area contributed by atoms with Gasteiger partial charge in [0.2, 0.25) is 0 Å². The molecule has 0 aromatic carbocycles. The van der Waals surface area contributed by atoms with Crippen molar-refractivity contribution in [3.63, 3.8) is 0 Å². The van der Waals surface area contributed by atoms with Gasteiger partial charge >= 0.3 is 0 Å². The van der Waals surface area contributed by atoms with E-state index in [4.69, 9.17) is 0 Å². The highest BCUT2D eigenvalue weighted by Crippen LogP contribution is 2.34. The minimum atomic E-state index is 0.633. The Morgan fingerprint density at radius 3 is 2.71 bits per heavy atom. The number of hydrogen-bond donors (Lipinski definition) is 1. The van der Waals surface area contributed by atoms with Crippen LogP contribution in [0.25, 0.3) is 0 Å². The van der Waals surface area contributed by atoms with E-state index in [1.165, 1.54) is 41.7 Å². The molecule has 1 saturated carbocycles. The molecule has 3 rings (SSSR count). The lowest BCUT2D eigenvalue weighted by Crippen LogP contribution is -2.41. The number of rotatable bonds is 4. The molecule has 21 heavy (non-hydrogen) atoms. The standard InChI is InChI=1S/C16H27BrN4/c1-4-13-16(17)15(20(3)19-13)10-21-9-14(12-5-6-12)18-8-7-11(21)2/h11-12,14,18H,4-10H2,1-3H3. The third-order valence-electron chi connectivity index (χ3n) is 5.07. The maximum Gasteiger partial charge on any atom is 0.0767 e. The molecule has 2 heterocycles. The minimum absolute atomic E-state index is 0.633. The topological polar surface area (TPSA) is 33.1 Å². The van der Waals surface area contributed by atoms with Crippen molar-refractivity contribution in [3.05, 3.63) is 15.9 Å². The van der Waals surface area contributed by atoms with Crippen molar-refractivity contribution >= 4 is 15.9 Å². The van der Waals surface area contributed by atoms with Crippen LogP contribution in [0, 0.1) is 5.92 Å². The van der Waals surface area contributed by atoms with E-state index in [-0.39, 0.29) is 0 Å². The maximum absolute atomic E-state index is 4.64. The first-order valence-electron chi connectivity index (χ1n) is 8.27. The third kappa shape index (κ3) is 3.35. The molecular formula is C16H27BrN4. The molecule has 0 amide bonds. The smallest absolute Gasteiger partial charge is 0.0767 e. The minimum Gasteiger partial charge on any atom is -0.312 e. The van der Waals surface area contributed by atoms with Gasteiger partial charge in [0.25, 0.3) is 0 Å². The highest BCUT2D eigenvalue weighted by Gasteiger charge is 2.35. The van der Waals surface area contributed by atoms with E-state index in [2.05, 4.69) is 56.8 Å². The molecule has 1 aliphatic carbocycles. The fourth-order valence-corrected chi connectivity index (χ4v) is 4.12. The molecule has 0 radical (unpaired) electrons. The molecule has 118 valence electrons. The van der Waals surface area contributed by atoms with Crippen LogP contribution in [0.4, 0.5) is 0 Å². The number of aryl methyl sites for hydroxylation is 2. The van der Waals surface area contributed by atoms with Gasteiger partial charge in [-0.05, 0) is 61.0 Å². The lowest BCUT2D eigenvalue weighted by atomic mass is 10.1. The molecule has 1 aromatic heterocycles. The fraction of sp³-hybridized carbons (Fsp3) is 0.812. The Bertz CT molecular complexity index is 495. The van der Waals surface area contributed by atoms with Crippen LogP contribution in [0.5, 0.6) is 0 Å². The van der Waals surface area contributed by atoms with Crippen LogP contribution in [0.1, 0.15) is 44.5 Å². The molecule has 0 spiro atoms. The quantitative estimate of drug-likeness (QED) is 0.902. The SMILES string of the molecule is CCc1nn(C)c(CN2CC(C3CC3)NCCC2C)c1Br. The summed E-state index contributed by atoms with van der Waals surface area (Å²) < 4.78 is 3.26. The Balaban J connectivity index is 1.76. The van der Waals surface area contributed by atoms with Crippen molar-refractivity contribution in [2.24, 2.45) is 13.0 Å². The van der Waals surface area contributed by atoms with Gasteiger partial charge in [-0.15, -0.1) is 0 Å². The van der Waals surface area contributed by atoms with Crippen molar-refractivity contribution in [2.75, 3.05) is 13.1 Å². The van der Waals surface area contributed by atoms with Crippen molar-refractivity contribution in [1.29, 1.82) is 0 Å². The molecule has 1 saturated heterocycles. The summed E-state index contributed by atoms with van der Waals surface area (Å²) in [5, 5.41) is 8.40. The maximum atomic E-state index is 4.64. The second-order valence-corrected chi connectivity index (χ2v) is 7.44. The van der Waals surface area contributed by atoms with Gasteiger partial charge in [-0.2, -0.15) is 5.10 Å². The zero-order valence-corrected chi connectivity index (χ0v) is 15.0. The van der Waals surface area contributed by atoms with Crippen molar-refractivity contribution < 1.29 is 0 Å². The van der Waals surface area contributed by atoms with Gasteiger partial charge in [-0.1, -0.05) is 6.92 Å². The predicted molar refractivity (Wildman–Crippen MR) is 89.3 cm³/mol. The van der Waals surface area contributed by atoms with Crippen LogP contribution in [0.15, 0.2) is 4.47 Å². The summed E-state index contributed by atoms with van der Waals surface area (Å²) in [6.45, 7) is 7.85. The van der Waals surface area contributed by atoms with Gasteiger partial charge in [0, 0.05) is 32.2 Å². The summed E-state index contributed by atoms with van der Waals surface area (Å²) in [6.07, 6.45) is 5.04. The van der Waals surface area contributed by atoms with E-state index in [9.17, 15) is 0 Å². The first-order valence-corrected chi connectivity index (χ1v) is 9.07. The second-order valence-electron chi connectivity index (χ2n) is 6.65. The van der Waals surface area contributed by atoms with Gasteiger partial charge in [0.1, 0.15) is 0 Å². The Morgan fingerprint density at radius 2 is 2.10 bits per heavy atom. The zero-order valence-electron chi connectivity index (χ0n) is 13.4. The van der Waals surface area contributed by atoms with E-state index in [0.29, 0.717) is 12.1 Å². The Labute approximate surface area is 136 Å². The first-order chi connectivity index (χ1) is 10.1. The predicted octanol–water partition coefficient (Wildman–Crippen LogP) is 2.71. The molecule has 2 atom stereocenters. The largest absolute Gasteiger partial charge is 0.312 e. The van der Waals surface area contributed by atoms with Crippen molar-refractivity contribution in [2.45, 2.75) is 58.2 Å². The molecule has 1 aliphatic heterocycles. The van der Waals surface area contributed by atoms with Gasteiger partial charge in [-0.25, -0.2) is 0 Å². The lowest BCUT2D eigenvalue weighted by molar-refractivity contribution is 0.186. The Morgan fingerprint density at radius 1 is 1.33 bits per heavy atom. The highest BCUT2D eigenvalue weighted by molar-refractivity contribution is 9.10.